The Balaban J connectivity index is 2.11. The Bertz CT molecular complexity index is 510. The first-order chi connectivity index (χ1) is 8.15. The van der Waals surface area contributed by atoms with E-state index in [0.717, 1.165) is 12.2 Å². The molecule has 0 amide bonds. The van der Waals surface area contributed by atoms with E-state index in [4.69, 9.17) is 0 Å². The van der Waals surface area contributed by atoms with E-state index in [2.05, 4.69) is 66.2 Å². The first-order valence-corrected chi connectivity index (χ1v) is 5.77. The van der Waals surface area contributed by atoms with Crippen molar-refractivity contribution < 1.29 is 9.13 Å². The molecular formula is C15H18N2+2. The summed E-state index contributed by atoms with van der Waals surface area (Å²) in [5.74, 6) is 0. The lowest BCUT2D eigenvalue weighted by atomic mass is 10.3. The molecule has 0 aliphatic carbocycles. The Kier molecular flexibility index (Phi) is 3.33. The van der Waals surface area contributed by atoms with Gasteiger partial charge in [0.2, 0.25) is 12.2 Å². The topological polar surface area (TPSA) is 7.76 Å². The van der Waals surface area contributed by atoms with Crippen molar-refractivity contribution in [2.24, 2.45) is 0 Å². The average Bonchev–Trinajstić information content (AvgIpc) is 2.33. The van der Waals surface area contributed by atoms with Crippen LogP contribution in [0, 0.1) is 13.8 Å². The van der Waals surface area contributed by atoms with Gasteiger partial charge in [0.1, 0.15) is 0 Å². The quantitative estimate of drug-likeness (QED) is 0.708. The Morgan fingerprint density at radius 2 is 1.41 bits per heavy atom. The second kappa shape index (κ2) is 4.91. The van der Waals surface area contributed by atoms with E-state index in [1.54, 1.807) is 0 Å². The van der Waals surface area contributed by atoms with E-state index >= 15 is 0 Å². The molecule has 0 aliphatic heterocycles. The Labute approximate surface area is 102 Å². The molecule has 0 unspecified atom stereocenters. The minimum atomic E-state index is 0.800. The number of hydrogen-bond donors (Lipinski definition) is 0. The van der Waals surface area contributed by atoms with E-state index in [1.165, 1.54) is 11.1 Å². The number of rotatable bonds is 3. The van der Waals surface area contributed by atoms with Gasteiger partial charge >= 0.3 is 0 Å². The second-order valence-corrected chi connectivity index (χ2v) is 4.40. The first kappa shape index (κ1) is 11.5. The number of allylic oxidation sites excluding steroid dienone is 1. The van der Waals surface area contributed by atoms with Crippen LogP contribution in [-0.2, 0) is 6.54 Å². The summed E-state index contributed by atoms with van der Waals surface area (Å²) in [4.78, 5) is 0. The smallest absolute Gasteiger partial charge is 0.195 e. The molecule has 2 nitrogen and oxygen atoms in total. The maximum atomic E-state index is 4.11. The fourth-order valence-electron chi connectivity index (χ4n) is 1.64. The monoisotopic (exact) mass is 226 g/mol. The van der Waals surface area contributed by atoms with Crippen molar-refractivity contribution >= 4 is 5.70 Å². The van der Waals surface area contributed by atoms with E-state index < -0.39 is 0 Å². The van der Waals surface area contributed by atoms with Gasteiger partial charge in [-0.05, 0) is 31.6 Å². The van der Waals surface area contributed by atoms with Gasteiger partial charge in [-0.1, -0.05) is 0 Å². The fraction of sp³-hybridized carbons (Fsp3) is 0.200. The Morgan fingerprint density at radius 1 is 0.941 bits per heavy atom. The highest BCUT2D eigenvalue weighted by Crippen LogP contribution is 1.95. The Hall–Kier alpha value is -1.96. The molecule has 2 aromatic heterocycles. The first-order valence-electron chi connectivity index (χ1n) is 5.77. The molecule has 2 heteroatoms. The fourth-order valence-corrected chi connectivity index (χ4v) is 1.64. The zero-order chi connectivity index (χ0) is 12.3. The standard InChI is InChI=1S/C15H18N2/c1-13-4-8-16(9-5-13)12-15(3)17-10-6-14(2)7-11-17/h4-11H,3,12H2,1-2H3/q+2. The summed E-state index contributed by atoms with van der Waals surface area (Å²) in [6, 6.07) is 8.39. The molecule has 0 spiro atoms. The summed E-state index contributed by atoms with van der Waals surface area (Å²) in [7, 11) is 0. The van der Waals surface area contributed by atoms with Gasteiger partial charge in [0.15, 0.2) is 24.8 Å². The molecule has 0 radical (unpaired) electrons. The number of hydrogen-bond acceptors (Lipinski definition) is 0. The number of pyridine rings is 2. The second-order valence-electron chi connectivity index (χ2n) is 4.40. The van der Waals surface area contributed by atoms with Gasteiger partial charge in [-0.25, -0.2) is 0 Å². The van der Waals surface area contributed by atoms with Crippen LogP contribution in [0.5, 0.6) is 0 Å². The molecule has 0 aliphatic rings. The van der Waals surface area contributed by atoms with E-state index in [9.17, 15) is 0 Å². The summed E-state index contributed by atoms with van der Waals surface area (Å²) in [5.41, 5.74) is 3.59. The lowest BCUT2D eigenvalue weighted by Gasteiger charge is -1.98. The van der Waals surface area contributed by atoms with Gasteiger partial charge in [0.05, 0.1) is 0 Å². The van der Waals surface area contributed by atoms with Crippen LogP contribution < -0.4 is 9.13 Å². The average molecular weight is 226 g/mol. The third-order valence-corrected chi connectivity index (χ3v) is 2.78. The number of nitrogens with zero attached hydrogens (tertiary/aromatic N) is 2. The summed E-state index contributed by atoms with van der Waals surface area (Å²) in [6.07, 6.45) is 8.25. The molecule has 2 rings (SSSR count). The number of aromatic nitrogens is 2. The summed E-state index contributed by atoms with van der Waals surface area (Å²) >= 11 is 0. The van der Waals surface area contributed by atoms with Crippen LogP contribution >= 0.6 is 0 Å². The molecule has 0 N–H and O–H groups in total. The molecule has 86 valence electrons. The molecule has 0 bridgehead atoms. The van der Waals surface area contributed by atoms with E-state index in [-0.39, 0.29) is 0 Å². The van der Waals surface area contributed by atoms with Gasteiger partial charge in [-0.15, -0.1) is 0 Å². The van der Waals surface area contributed by atoms with Crippen LogP contribution in [0.4, 0.5) is 0 Å². The maximum absolute atomic E-state index is 4.11. The van der Waals surface area contributed by atoms with Gasteiger partial charge in [-0.3, -0.25) is 0 Å². The van der Waals surface area contributed by atoms with E-state index in [1.807, 2.05) is 12.4 Å². The van der Waals surface area contributed by atoms with Crippen LogP contribution in [0.25, 0.3) is 5.70 Å². The third kappa shape index (κ3) is 3.00. The third-order valence-electron chi connectivity index (χ3n) is 2.78. The lowest BCUT2D eigenvalue weighted by molar-refractivity contribution is -0.709. The zero-order valence-electron chi connectivity index (χ0n) is 10.4. The van der Waals surface area contributed by atoms with Crippen LogP contribution in [-0.4, -0.2) is 0 Å². The van der Waals surface area contributed by atoms with Gasteiger partial charge in [0, 0.05) is 24.3 Å². The van der Waals surface area contributed by atoms with Crippen molar-refractivity contribution in [3.05, 3.63) is 66.8 Å². The Morgan fingerprint density at radius 3 is 1.94 bits per heavy atom. The predicted molar refractivity (Wildman–Crippen MR) is 68.1 cm³/mol. The molecular weight excluding hydrogens is 208 g/mol. The molecule has 0 saturated carbocycles. The van der Waals surface area contributed by atoms with Crippen LogP contribution in [0.15, 0.2) is 55.6 Å². The van der Waals surface area contributed by atoms with Crippen molar-refractivity contribution in [2.45, 2.75) is 20.4 Å². The highest BCUT2D eigenvalue weighted by Gasteiger charge is 2.11. The van der Waals surface area contributed by atoms with Crippen LogP contribution in [0.2, 0.25) is 0 Å². The van der Waals surface area contributed by atoms with Crippen molar-refractivity contribution in [3.8, 4) is 0 Å². The summed E-state index contributed by atoms with van der Waals surface area (Å²) in [5, 5.41) is 0. The SMILES string of the molecule is C=C(C[n+]1ccc(C)cc1)[n+]1ccc(C)cc1. The lowest BCUT2D eigenvalue weighted by Crippen LogP contribution is -2.42. The zero-order valence-corrected chi connectivity index (χ0v) is 10.4. The largest absolute Gasteiger partial charge is 0.245 e. The molecule has 0 saturated heterocycles. The van der Waals surface area contributed by atoms with Gasteiger partial charge in [-0.2, -0.15) is 9.13 Å². The van der Waals surface area contributed by atoms with Crippen molar-refractivity contribution in [1.82, 2.24) is 0 Å². The van der Waals surface area contributed by atoms with Gasteiger partial charge < -0.3 is 0 Å². The minimum Gasteiger partial charge on any atom is -0.195 e. The highest BCUT2D eigenvalue weighted by molar-refractivity contribution is 5.24. The summed E-state index contributed by atoms with van der Waals surface area (Å²) < 4.78 is 4.18. The molecule has 0 fully saturated rings. The molecule has 17 heavy (non-hydrogen) atoms. The van der Waals surface area contributed by atoms with Gasteiger partial charge in [0.25, 0.3) is 0 Å². The maximum Gasteiger partial charge on any atom is 0.245 e. The van der Waals surface area contributed by atoms with Crippen molar-refractivity contribution in [2.75, 3.05) is 0 Å². The normalized spacial score (nSPS) is 10.2. The predicted octanol–water partition coefficient (Wildman–Crippen LogP) is 2.05. The highest BCUT2D eigenvalue weighted by atomic mass is 15.0. The molecule has 2 aromatic rings. The molecule has 2 heterocycles. The summed E-state index contributed by atoms with van der Waals surface area (Å²) in [6.45, 7) is 9.09. The number of aryl methyl sites for hydroxylation is 2. The van der Waals surface area contributed by atoms with Crippen LogP contribution in [0.1, 0.15) is 11.1 Å². The van der Waals surface area contributed by atoms with E-state index in [0.29, 0.717) is 0 Å². The molecule has 0 atom stereocenters. The van der Waals surface area contributed by atoms with Crippen molar-refractivity contribution in [3.63, 3.8) is 0 Å². The minimum absolute atomic E-state index is 0.800. The van der Waals surface area contributed by atoms with Crippen molar-refractivity contribution in [1.29, 1.82) is 0 Å². The molecule has 0 aromatic carbocycles. The van der Waals surface area contributed by atoms with Crippen LogP contribution in [0.3, 0.4) is 0 Å².